The minimum absolute atomic E-state index is 0.922. The predicted molar refractivity (Wildman–Crippen MR) is 91.8 cm³/mol. The third-order valence-electron chi connectivity index (χ3n) is 3.88. The van der Waals surface area contributed by atoms with Crippen LogP contribution >= 0.6 is 0 Å². The summed E-state index contributed by atoms with van der Waals surface area (Å²) >= 11 is 0. The van der Waals surface area contributed by atoms with E-state index in [1.54, 1.807) is 0 Å². The molecule has 0 atom stereocenters. The van der Waals surface area contributed by atoms with E-state index in [1.807, 2.05) is 0 Å². The summed E-state index contributed by atoms with van der Waals surface area (Å²) in [5.41, 5.74) is 6.73. The molecule has 2 rings (SSSR count). The van der Waals surface area contributed by atoms with Gasteiger partial charge in [0.2, 0.25) is 0 Å². The highest BCUT2D eigenvalue weighted by Crippen LogP contribution is 2.23. The second-order valence-electron chi connectivity index (χ2n) is 5.70. The SMILES string of the molecule is CCNCc1cc(C)ccc1N(C)Cc1ccccc1C. The van der Waals surface area contributed by atoms with E-state index in [0.717, 1.165) is 19.6 Å². The molecule has 0 bridgehead atoms. The zero-order chi connectivity index (χ0) is 15.2. The van der Waals surface area contributed by atoms with Crippen LogP contribution in [0.3, 0.4) is 0 Å². The Morgan fingerprint density at radius 3 is 2.48 bits per heavy atom. The van der Waals surface area contributed by atoms with Gasteiger partial charge in [-0.15, -0.1) is 0 Å². The van der Waals surface area contributed by atoms with Crippen LogP contribution in [-0.4, -0.2) is 13.6 Å². The van der Waals surface area contributed by atoms with Gasteiger partial charge in [0.15, 0.2) is 0 Å². The Balaban J connectivity index is 2.22. The Hall–Kier alpha value is -1.80. The lowest BCUT2D eigenvalue weighted by atomic mass is 10.1. The van der Waals surface area contributed by atoms with Gasteiger partial charge < -0.3 is 10.2 Å². The van der Waals surface area contributed by atoms with E-state index in [0.29, 0.717) is 0 Å². The summed E-state index contributed by atoms with van der Waals surface area (Å²) in [6.07, 6.45) is 0. The fourth-order valence-corrected chi connectivity index (χ4v) is 2.62. The van der Waals surface area contributed by atoms with Crippen LogP contribution < -0.4 is 10.2 Å². The van der Waals surface area contributed by atoms with Crippen LogP contribution in [0.5, 0.6) is 0 Å². The average Bonchev–Trinajstić information content (AvgIpc) is 2.47. The Morgan fingerprint density at radius 1 is 1.00 bits per heavy atom. The van der Waals surface area contributed by atoms with Gasteiger partial charge in [0, 0.05) is 25.8 Å². The Morgan fingerprint density at radius 2 is 1.76 bits per heavy atom. The molecule has 0 aliphatic carbocycles. The van der Waals surface area contributed by atoms with Crippen molar-refractivity contribution < 1.29 is 0 Å². The van der Waals surface area contributed by atoms with Crippen LogP contribution in [0.2, 0.25) is 0 Å². The van der Waals surface area contributed by atoms with Gasteiger partial charge in [-0.1, -0.05) is 48.9 Å². The van der Waals surface area contributed by atoms with E-state index in [1.165, 1.54) is 27.9 Å². The van der Waals surface area contributed by atoms with Crippen molar-refractivity contribution in [3.05, 3.63) is 64.7 Å². The topological polar surface area (TPSA) is 15.3 Å². The summed E-state index contributed by atoms with van der Waals surface area (Å²) < 4.78 is 0. The minimum atomic E-state index is 0.922. The maximum absolute atomic E-state index is 3.44. The van der Waals surface area contributed by atoms with E-state index in [2.05, 4.69) is 80.5 Å². The van der Waals surface area contributed by atoms with Crippen molar-refractivity contribution in [3.63, 3.8) is 0 Å². The molecule has 2 nitrogen and oxygen atoms in total. The molecule has 0 heterocycles. The van der Waals surface area contributed by atoms with Gasteiger partial charge in [-0.2, -0.15) is 0 Å². The van der Waals surface area contributed by atoms with E-state index >= 15 is 0 Å². The van der Waals surface area contributed by atoms with Crippen LogP contribution in [0.15, 0.2) is 42.5 Å². The van der Waals surface area contributed by atoms with E-state index < -0.39 is 0 Å². The van der Waals surface area contributed by atoms with E-state index in [-0.39, 0.29) is 0 Å². The summed E-state index contributed by atoms with van der Waals surface area (Å²) in [4.78, 5) is 2.34. The molecule has 112 valence electrons. The van der Waals surface area contributed by atoms with Crippen molar-refractivity contribution in [1.82, 2.24) is 5.32 Å². The number of rotatable bonds is 6. The maximum atomic E-state index is 3.44. The number of nitrogens with zero attached hydrogens (tertiary/aromatic N) is 1. The molecule has 0 aliphatic heterocycles. The Labute approximate surface area is 128 Å². The molecule has 0 amide bonds. The highest BCUT2D eigenvalue weighted by molar-refractivity contribution is 5.55. The highest BCUT2D eigenvalue weighted by Gasteiger charge is 2.09. The summed E-state index contributed by atoms with van der Waals surface area (Å²) in [5, 5.41) is 3.44. The second kappa shape index (κ2) is 7.28. The smallest absolute Gasteiger partial charge is 0.0428 e. The van der Waals surface area contributed by atoms with Crippen molar-refractivity contribution in [2.45, 2.75) is 33.9 Å². The summed E-state index contributed by atoms with van der Waals surface area (Å²) in [5.74, 6) is 0. The summed E-state index contributed by atoms with van der Waals surface area (Å²) in [6, 6.07) is 15.3. The molecule has 2 aromatic rings. The maximum Gasteiger partial charge on any atom is 0.0428 e. The van der Waals surface area contributed by atoms with Crippen LogP contribution in [0, 0.1) is 13.8 Å². The quantitative estimate of drug-likeness (QED) is 0.860. The average molecular weight is 282 g/mol. The molecule has 1 N–H and O–H groups in total. The lowest BCUT2D eigenvalue weighted by Crippen LogP contribution is -2.21. The molecule has 21 heavy (non-hydrogen) atoms. The first-order chi connectivity index (χ1) is 10.1. The Kier molecular flexibility index (Phi) is 5.40. The van der Waals surface area contributed by atoms with Gasteiger partial charge in [0.05, 0.1) is 0 Å². The molecule has 0 saturated carbocycles. The number of anilines is 1. The first-order valence-electron chi connectivity index (χ1n) is 7.67. The lowest BCUT2D eigenvalue weighted by molar-refractivity contribution is 0.722. The number of nitrogens with one attached hydrogen (secondary N) is 1. The van der Waals surface area contributed by atoms with Gasteiger partial charge >= 0.3 is 0 Å². The molecule has 0 radical (unpaired) electrons. The molecule has 0 unspecified atom stereocenters. The number of aryl methyl sites for hydroxylation is 2. The fourth-order valence-electron chi connectivity index (χ4n) is 2.62. The van der Waals surface area contributed by atoms with Crippen LogP contribution in [0.4, 0.5) is 5.69 Å². The van der Waals surface area contributed by atoms with Crippen LogP contribution in [0.25, 0.3) is 0 Å². The van der Waals surface area contributed by atoms with Crippen LogP contribution in [-0.2, 0) is 13.1 Å². The van der Waals surface area contributed by atoms with Crippen molar-refractivity contribution in [2.75, 3.05) is 18.5 Å². The number of hydrogen-bond acceptors (Lipinski definition) is 2. The standard InChI is InChI=1S/C19H26N2/c1-5-20-13-18-12-15(2)10-11-19(18)21(4)14-17-9-7-6-8-16(17)3/h6-12,20H,5,13-14H2,1-4H3. The number of benzene rings is 2. The zero-order valence-electron chi connectivity index (χ0n) is 13.6. The molecule has 0 spiro atoms. The first kappa shape index (κ1) is 15.6. The number of hydrogen-bond donors (Lipinski definition) is 1. The van der Waals surface area contributed by atoms with Crippen molar-refractivity contribution in [2.24, 2.45) is 0 Å². The molecule has 2 aromatic carbocycles. The van der Waals surface area contributed by atoms with Gasteiger partial charge in [-0.3, -0.25) is 0 Å². The van der Waals surface area contributed by atoms with Crippen LogP contribution in [0.1, 0.15) is 29.2 Å². The molecule has 2 heteroatoms. The van der Waals surface area contributed by atoms with Gasteiger partial charge in [-0.05, 0) is 43.1 Å². The summed E-state index contributed by atoms with van der Waals surface area (Å²) in [6.45, 7) is 9.33. The monoisotopic (exact) mass is 282 g/mol. The van der Waals surface area contributed by atoms with Gasteiger partial charge in [0.1, 0.15) is 0 Å². The largest absolute Gasteiger partial charge is 0.370 e. The highest BCUT2D eigenvalue weighted by atomic mass is 15.1. The van der Waals surface area contributed by atoms with E-state index in [4.69, 9.17) is 0 Å². The zero-order valence-corrected chi connectivity index (χ0v) is 13.6. The normalized spacial score (nSPS) is 10.7. The van der Waals surface area contributed by atoms with E-state index in [9.17, 15) is 0 Å². The molecule has 0 aromatic heterocycles. The molecular formula is C19H26N2. The van der Waals surface area contributed by atoms with Crippen molar-refractivity contribution in [3.8, 4) is 0 Å². The molecule has 0 saturated heterocycles. The summed E-state index contributed by atoms with van der Waals surface area (Å²) in [7, 11) is 2.17. The molecule has 0 fully saturated rings. The third-order valence-corrected chi connectivity index (χ3v) is 3.88. The lowest BCUT2D eigenvalue weighted by Gasteiger charge is -2.24. The minimum Gasteiger partial charge on any atom is -0.370 e. The second-order valence-corrected chi connectivity index (χ2v) is 5.70. The third kappa shape index (κ3) is 4.08. The van der Waals surface area contributed by atoms with Crippen molar-refractivity contribution in [1.29, 1.82) is 0 Å². The first-order valence-corrected chi connectivity index (χ1v) is 7.67. The van der Waals surface area contributed by atoms with Gasteiger partial charge in [-0.25, -0.2) is 0 Å². The molecular weight excluding hydrogens is 256 g/mol. The predicted octanol–water partition coefficient (Wildman–Crippen LogP) is 4.05. The van der Waals surface area contributed by atoms with Crippen molar-refractivity contribution >= 4 is 5.69 Å². The Bertz CT molecular complexity index is 590. The van der Waals surface area contributed by atoms with Gasteiger partial charge in [0.25, 0.3) is 0 Å². The fraction of sp³-hybridized carbons (Fsp3) is 0.368. The molecule has 0 aliphatic rings.